The zero-order valence-electron chi connectivity index (χ0n) is 12.5. The molecule has 0 atom stereocenters. The molecule has 1 fully saturated rings. The van der Waals surface area contributed by atoms with Crippen molar-refractivity contribution < 1.29 is 9.18 Å². The highest BCUT2D eigenvalue weighted by atomic mass is 19.1. The number of hydrogen-bond acceptors (Lipinski definition) is 3. The van der Waals surface area contributed by atoms with E-state index >= 15 is 0 Å². The van der Waals surface area contributed by atoms with Gasteiger partial charge in [-0.15, -0.1) is 0 Å². The smallest absolute Gasteiger partial charge is 0.271 e. The molecule has 1 amide bonds. The molecular formula is C16H19FN4O. The average molecular weight is 302 g/mol. The lowest BCUT2D eigenvalue weighted by Gasteiger charge is -2.31. The molecule has 2 aromatic rings. The van der Waals surface area contributed by atoms with Crippen LogP contribution in [0.2, 0.25) is 0 Å². The summed E-state index contributed by atoms with van der Waals surface area (Å²) in [6.07, 6.45) is 1.92. The summed E-state index contributed by atoms with van der Waals surface area (Å²) in [5, 5.41) is 10.2. The molecule has 1 aliphatic heterocycles. The lowest BCUT2D eigenvalue weighted by molar-refractivity contribution is 0.0701. The van der Waals surface area contributed by atoms with Gasteiger partial charge in [0, 0.05) is 24.7 Å². The number of nitrogens with zero attached hydrogens (tertiary/aromatic N) is 2. The van der Waals surface area contributed by atoms with Crippen LogP contribution in [-0.4, -0.2) is 47.2 Å². The molecule has 0 aliphatic carbocycles. The Balaban J connectivity index is 1.71. The van der Waals surface area contributed by atoms with Crippen LogP contribution in [0, 0.1) is 5.82 Å². The van der Waals surface area contributed by atoms with Gasteiger partial charge in [0.25, 0.3) is 5.91 Å². The number of hydrogen-bond donors (Lipinski definition) is 2. The van der Waals surface area contributed by atoms with E-state index in [1.165, 1.54) is 12.1 Å². The molecule has 116 valence electrons. The molecule has 1 saturated heterocycles. The second-order valence-corrected chi connectivity index (χ2v) is 5.53. The number of aromatic amines is 1. The first-order valence-corrected chi connectivity index (χ1v) is 7.45. The first-order chi connectivity index (χ1) is 10.7. The van der Waals surface area contributed by atoms with Crippen LogP contribution in [-0.2, 0) is 0 Å². The van der Waals surface area contributed by atoms with Crippen LogP contribution in [0.5, 0.6) is 0 Å². The first kappa shape index (κ1) is 14.7. The molecule has 1 aromatic carbocycles. The van der Waals surface area contributed by atoms with Crippen molar-refractivity contribution in [3.8, 4) is 11.3 Å². The van der Waals surface area contributed by atoms with Gasteiger partial charge in [-0.2, -0.15) is 5.10 Å². The molecule has 2 heterocycles. The van der Waals surface area contributed by atoms with E-state index in [0.717, 1.165) is 31.5 Å². The number of halogens is 1. The zero-order valence-corrected chi connectivity index (χ0v) is 12.5. The van der Waals surface area contributed by atoms with E-state index < -0.39 is 0 Å². The van der Waals surface area contributed by atoms with Gasteiger partial charge in [-0.25, -0.2) is 4.39 Å². The van der Waals surface area contributed by atoms with E-state index in [0.29, 0.717) is 17.4 Å². The molecule has 0 bridgehead atoms. The van der Waals surface area contributed by atoms with Crippen molar-refractivity contribution in [2.24, 2.45) is 0 Å². The van der Waals surface area contributed by atoms with Gasteiger partial charge in [0.2, 0.25) is 0 Å². The van der Waals surface area contributed by atoms with Crippen molar-refractivity contribution in [3.63, 3.8) is 0 Å². The summed E-state index contributed by atoms with van der Waals surface area (Å²) in [6, 6.07) is 8.28. The Morgan fingerprint density at radius 3 is 2.64 bits per heavy atom. The van der Waals surface area contributed by atoms with Crippen LogP contribution < -0.4 is 5.32 Å². The Hall–Kier alpha value is -2.21. The highest BCUT2D eigenvalue weighted by Gasteiger charge is 2.24. The molecule has 0 saturated carbocycles. The number of piperidine rings is 1. The zero-order chi connectivity index (χ0) is 15.5. The Morgan fingerprint density at radius 1 is 1.32 bits per heavy atom. The largest absolute Gasteiger partial charge is 0.337 e. The minimum absolute atomic E-state index is 0.0320. The number of rotatable bonds is 3. The third-order valence-corrected chi connectivity index (χ3v) is 4.14. The molecule has 1 aromatic heterocycles. The van der Waals surface area contributed by atoms with E-state index in [4.69, 9.17) is 0 Å². The summed E-state index contributed by atoms with van der Waals surface area (Å²) in [7, 11) is 1.95. The summed E-state index contributed by atoms with van der Waals surface area (Å²) in [5.74, 6) is -0.321. The molecule has 1 aliphatic rings. The van der Waals surface area contributed by atoms with Crippen LogP contribution >= 0.6 is 0 Å². The van der Waals surface area contributed by atoms with Gasteiger partial charge >= 0.3 is 0 Å². The number of carbonyl (C=O) groups is 1. The van der Waals surface area contributed by atoms with Crippen molar-refractivity contribution in [3.05, 3.63) is 41.8 Å². The summed E-state index contributed by atoms with van der Waals surface area (Å²) < 4.78 is 12.9. The van der Waals surface area contributed by atoms with E-state index in [1.807, 2.05) is 11.9 Å². The number of amides is 1. The van der Waals surface area contributed by atoms with E-state index in [-0.39, 0.29) is 11.7 Å². The number of nitrogens with one attached hydrogen (secondary N) is 2. The van der Waals surface area contributed by atoms with Gasteiger partial charge in [0.1, 0.15) is 11.5 Å². The maximum Gasteiger partial charge on any atom is 0.271 e. The van der Waals surface area contributed by atoms with E-state index in [2.05, 4.69) is 15.5 Å². The van der Waals surface area contributed by atoms with Gasteiger partial charge in [-0.3, -0.25) is 9.89 Å². The lowest BCUT2D eigenvalue weighted by atomic mass is 10.0. The molecule has 0 spiro atoms. The summed E-state index contributed by atoms with van der Waals surface area (Å²) in [5.41, 5.74) is 1.90. The fourth-order valence-corrected chi connectivity index (χ4v) is 2.74. The van der Waals surface area contributed by atoms with Crippen LogP contribution in [0.25, 0.3) is 11.3 Å². The van der Waals surface area contributed by atoms with Crippen molar-refractivity contribution >= 4 is 5.91 Å². The molecule has 5 nitrogen and oxygen atoms in total. The quantitative estimate of drug-likeness (QED) is 0.912. The standard InChI is InChI=1S/C16H19FN4O/c1-18-13-6-8-21(9-7-13)16(22)15-10-14(19-20-15)11-2-4-12(17)5-3-11/h2-5,10,13,18H,6-9H2,1H3,(H,19,20). The SMILES string of the molecule is CNC1CCN(C(=O)c2cc(-c3ccc(F)cc3)n[nH]2)CC1. The Bertz CT molecular complexity index is 644. The number of aromatic nitrogens is 2. The monoisotopic (exact) mass is 302 g/mol. The highest BCUT2D eigenvalue weighted by molar-refractivity contribution is 5.93. The minimum atomic E-state index is -0.289. The highest BCUT2D eigenvalue weighted by Crippen LogP contribution is 2.20. The minimum Gasteiger partial charge on any atom is -0.337 e. The van der Waals surface area contributed by atoms with Crippen molar-refractivity contribution in [1.29, 1.82) is 0 Å². The third-order valence-electron chi connectivity index (χ3n) is 4.14. The molecule has 0 unspecified atom stereocenters. The van der Waals surface area contributed by atoms with Gasteiger partial charge < -0.3 is 10.2 Å². The fourth-order valence-electron chi connectivity index (χ4n) is 2.74. The van der Waals surface area contributed by atoms with Gasteiger partial charge in [0.15, 0.2) is 0 Å². The van der Waals surface area contributed by atoms with Crippen molar-refractivity contribution in [2.75, 3.05) is 20.1 Å². The van der Waals surface area contributed by atoms with Crippen molar-refractivity contribution in [2.45, 2.75) is 18.9 Å². The van der Waals surface area contributed by atoms with Crippen LogP contribution in [0.15, 0.2) is 30.3 Å². The first-order valence-electron chi connectivity index (χ1n) is 7.45. The fraction of sp³-hybridized carbons (Fsp3) is 0.375. The second-order valence-electron chi connectivity index (χ2n) is 5.53. The molecular weight excluding hydrogens is 283 g/mol. The Kier molecular flexibility index (Phi) is 4.20. The van der Waals surface area contributed by atoms with Crippen LogP contribution in [0.4, 0.5) is 4.39 Å². The van der Waals surface area contributed by atoms with Gasteiger partial charge in [0.05, 0.1) is 5.69 Å². The lowest BCUT2D eigenvalue weighted by Crippen LogP contribution is -2.44. The number of benzene rings is 1. The Labute approximate surface area is 128 Å². The molecule has 3 rings (SSSR count). The molecule has 6 heteroatoms. The van der Waals surface area contributed by atoms with Crippen molar-refractivity contribution in [1.82, 2.24) is 20.4 Å². The number of carbonyl (C=O) groups excluding carboxylic acids is 1. The van der Waals surface area contributed by atoms with E-state index in [9.17, 15) is 9.18 Å². The second kappa shape index (κ2) is 6.27. The van der Waals surface area contributed by atoms with Crippen LogP contribution in [0.3, 0.4) is 0 Å². The van der Waals surface area contributed by atoms with Gasteiger partial charge in [-0.05, 0) is 50.2 Å². The maximum absolute atomic E-state index is 12.9. The molecule has 2 N–H and O–H groups in total. The number of H-pyrrole nitrogens is 1. The van der Waals surface area contributed by atoms with Crippen LogP contribution in [0.1, 0.15) is 23.3 Å². The Morgan fingerprint density at radius 2 is 2.00 bits per heavy atom. The maximum atomic E-state index is 12.9. The molecule has 22 heavy (non-hydrogen) atoms. The van der Waals surface area contributed by atoms with Gasteiger partial charge in [-0.1, -0.05) is 0 Å². The predicted molar refractivity (Wildman–Crippen MR) is 82.0 cm³/mol. The predicted octanol–water partition coefficient (Wildman–Crippen LogP) is 2.04. The topological polar surface area (TPSA) is 61.0 Å². The third kappa shape index (κ3) is 3.01. The van der Waals surface area contributed by atoms with E-state index in [1.54, 1.807) is 18.2 Å². The average Bonchev–Trinajstić information content (AvgIpc) is 3.05. The summed E-state index contributed by atoms with van der Waals surface area (Å²) in [4.78, 5) is 14.3. The summed E-state index contributed by atoms with van der Waals surface area (Å²) >= 11 is 0. The number of likely N-dealkylation sites (tertiary alicyclic amines) is 1. The normalized spacial score (nSPS) is 16.0. The molecule has 0 radical (unpaired) electrons. The summed E-state index contributed by atoms with van der Waals surface area (Å²) in [6.45, 7) is 1.49.